The van der Waals surface area contributed by atoms with E-state index in [0.29, 0.717) is 30.1 Å². The first kappa shape index (κ1) is 23.5. The van der Waals surface area contributed by atoms with Gasteiger partial charge in [0.15, 0.2) is 0 Å². The Bertz CT molecular complexity index is 1070. The Balaban J connectivity index is 1.69. The fourth-order valence-corrected chi connectivity index (χ4v) is 5.25. The van der Waals surface area contributed by atoms with E-state index in [1.54, 1.807) is 13.0 Å². The first-order valence-electron chi connectivity index (χ1n) is 9.75. The molecule has 0 spiro atoms. The van der Waals surface area contributed by atoms with Crippen LogP contribution in [-0.4, -0.2) is 44.3 Å². The Morgan fingerprint density at radius 2 is 1.87 bits per heavy atom. The van der Waals surface area contributed by atoms with Crippen LogP contribution in [0.1, 0.15) is 30.1 Å². The zero-order chi connectivity index (χ0) is 22.6. The number of hydrogen-bond acceptors (Lipinski definition) is 5. The van der Waals surface area contributed by atoms with Gasteiger partial charge in [-0.05, 0) is 62.2 Å². The summed E-state index contributed by atoms with van der Waals surface area (Å²) in [4.78, 5) is 24.8. The summed E-state index contributed by atoms with van der Waals surface area (Å²) in [5, 5.41) is 3.36. The van der Waals surface area contributed by atoms with Gasteiger partial charge in [0.05, 0.1) is 28.0 Å². The van der Waals surface area contributed by atoms with Gasteiger partial charge in [0.2, 0.25) is 15.9 Å². The number of carbonyl (C=O) groups excluding carboxylic acids is 2. The van der Waals surface area contributed by atoms with Crippen molar-refractivity contribution in [3.05, 3.63) is 58.1 Å². The molecule has 0 aliphatic carbocycles. The molecule has 0 bridgehead atoms. The lowest BCUT2D eigenvalue weighted by Gasteiger charge is -2.31. The summed E-state index contributed by atoms with van der Waals surface area (Å²) in [6.45, 7) is 2.34. The largest absolute Gasteiger partial charge is 0.462 e. The first-order chi connectivity index (χ1) is 14.7. The number of nitrogens with zero attached hydrogens (tertiary/aromatic N) is 1. The zero-order valence-corrected chi connectivity index (χ0v) is 19.1. The second kappa shape index (κ2) is 9.99. The lowest BCUT2D eigenvalue weighted by molar-refractivity contribution is -0.120. The Kier molecular flexibility index (Phi) is 7.59. The Hall–Kier alpha value is -2.13. The number of piperidine rings is 1. The Labute approximate surface area is 191 Å². The number of esters is 1. The number of halogens is 2. The van der Waals surface area contributed by atoms with Crippen molar-refractivity contribution in [1.82, 2.24) is 4.31 Å². The monoisotopic (exact) mass is 484 g/mol. The summed E-state index contributed by atoms with van der Waals surface area (Å²) in [6, 6.07) is 10.5. The van der Waals surface area contributed by atoms with E-state index < -0.39 is 21.9 Å². The van der Waals surface area contributed by atoms with Crippen molar-refractivity contribution in [2.45, 2.75) is 24.7 Å². The van der Waals surface area contributed by atoms with Gasteiger partial charge in [0.25, 0.3) is 0 Å². The maximum absolute atomic E-state index is 12.9. The summed E-state index contributed by atoms with van der Waals surface area (Å²) in [7, 11) is -3.72. The van der Waals surface area contributed by atoms with Gasteiger partial charge >= 0.3 is 5.97 Å². The van der Waals surface area contributed by atoms with Gasteiger partial charge in [0.1, 0.15) is 0 Å². The van der Waals surface area contributed by atoms with Crippen molar-refractivity contribution >= 4 is 50.8 Å². The topological polar surface area (TPSA) is 92.8 Å². The van der Waals surface area contributed by atoms with Crippen molar-refractivity contribution in [2.24, 2.45) is 5.92 Å². The maximum atomic E-state index is 12.9. The van der Waals surface area contributed by atoms with Gasteiger partial charge in [-0.15, -0.1) is 0 Å². The second-order valence-electron chi connectivity index (χ2n) is 7.06. The van der Waals surface area contributed by atoms with E-state index in [9.17, 15) is 18.0 Å². The molecular weight excluding hydrogens is 463 g/mol. The molecule has 0 aromatic heterocycles. The van der Waals surface area contributed by atoms with Gasteiger partial charge in [-0.2, -0.15) is 4.31 Å². The van der Waals surface area contributed by atoms with Crippen LogP contribution in [0.25, 0.3) is 0 Å². The second-order valence-corrected chi connectivity index (χ2v) is 9.84. The fraction of sp³-hybridized carbons (Fsp3) is 0.333. The minimum atomic E-state index is -3.72. The molecule has 1 atom stereocenters. The highest BCUT2D eigenvalue weighted by Crippen LogP contribution is 2.27. The summed E-state index contributed by atoms with van der Waals surface area (Å²) >= 11 is 12.0. The van der Waals surface area contributed by atoms with Gasteiger partial charge in [0, 0.05) is 23.8 Å². The lowest BCUT2D eigenvalue weighted by Crippen LogP contribution is -2.43. The van der Waals surface area contributed by atoms with E-state index >= 15 is 0 Å². The Morgan fingerprint density at radius 3 is 2.52 bits per heavy atom. The van der Waals surface area contributed by atoms with Crippen molar-refractivity contribution in [1.29, 1.82) is 0 Å². The van der Waals surface area contributed by atoms with E-state index in [2.05, 4.69) is 5.32 Å². The summed E-state index contributed by atoms with van der Waals surface area (Å²) < 4.78 is 32.1. The average molecular weight is 485 g/mol. The summed E-state index contributed by atoms with van der Waals surface area (Å²) in [6.07, 6.45) is 1.13. The summed E-state index contributed by atoms with van der Waals surface area (Å²) in [5.74, 6) is -1.36. The van der Waals surface area contributed by atoms with E-state index in [-0.39, 0.29) is 34.5 Å². The van der Waals surface area contributed by atoms with E-state index in [1.165, 1.54) is 40.7 Å². The van der Waals surface area contributed by atoms with Crippen LogP contribution in [0.2, 0.25) is 10.0 Å². The van der Waals surface area contributed by atoms with E-state index in [1.807, 2.05) is 0 Å². The van der Waals surface area contributed by atoms with Crippen molar-refractivity contribution < 1.29 is 22.7 Å². The predicted molar refractivity (Wildman–Crippen MR) is 119 cm³/mol. The molecule has 10 heteroatoms. The summed E-state index contributed by atoms with van der Waals surface area (Å²) in [5.41, 5.74) is 0.625. The fourth-order valence-electron chi connectivity index (χ4n) is 3.34. The van der Waals surface area contributed by atoms with Crippen molar-refractivity contribution in [3.8, 4) is 0 Å². The molecule has 1 N–H and O–H groups in total. The van der Waals surface area contributed by atoms with Gasteiger partial charge < -0.3 is 10.1 Å². The maximum Gasteiger partial charge on any atom is 0.339 e. The highest BCUT2D eigenvalue weighted by atomic mass is 35.5. The number of carbonyl (C=O) groups is 2. The highest BCUT2D eigenvalue weighted by molar-refractivity contribution is 7.89. The van der Waals surface area contributed by atoms with Crippen LogP contribution in [-0.2, 0) is 19.6 Å². The quantitative estimate of drug-likeness (QED) is 0.619. The molecule has 7 nitrogen and oxygen atoms in total. The number of ether oxygens (including phenoxy) is 1. The van der Waals surface area contributed by atoms with Crippen molar-refractivity contribution in [2.75, 3.05) is 25.0 Å². The van der Waals surface area contributed by atoms with Crippen molar-refractivity contribution in [3.63, 3.8) is 0 Å². The molecule has 1 saturated heterocycles. The lowest BCUT2D eigenvalue weighted by atomic mass is 9.98. The number of benzene rings is 2. The minimum absolute atomic E-state index is 0.0748. The molecule has 2 aromatic carbocycles. The molecule has 1 fully saturated rings. The molecule has 1 heterocycles. The standard InChI is InChI=1S/C21H22Cl2N2O5S/c1-2-30-21(27)18-10-7-16(12-19(18)23)24-20(26)14-4-3-11-25(13-14)31(28,29)17-8-5-15(22)6-9-17/h5-10,12,14H,2-4,11,13H2,1H3,(H,24,26). The van der Waals surface area contributed by atoms with Crippen LogP contribution < -0.4 is 5.32 Å². The average Bonchev–Trinajstić information content (AvgIpc) is 2.74. The minimum Gasteiger partial charge on any atom is -0.462 e. The van der Waals surface area contributed by atoms with Gasteiger partial charge in [-0.3, -0.25) is 4.79 Å². The number of anilines is 1. The molecule has 0 saturated carbocycles. The van der Waals surface area contributed by atoms with E-state index in [0.717, 1.165) is 0 Å². The third-order valence-electron chi connectivity index (χ3n) is 4.94. The third-order valence-corrected chi connectivity index (χ3v) is 7.38. The molecule has 0 radical (unpaired) electrons. The highest BCUT2D eigenvalue weighted by Gasteiger charge is 2.33. The zero-order valence-electron chi connectivity index (χ0n) is 16.8. The Morgan fingerprint density at radius 1 is 1.16 bits per heavy atom. The first-order valence-corrected chi connectivity index (χ1v) is 11.9. The third kappa shape index (κ3) is 5.57. The number of hydrogen-bond donors (Lipinski definition) is 1. The van der Waals surface area contributed by atoms with Crippen LogP contribution in [0.4, 0.5) is 5.69 Å². The normalized spacial score (nSPS) is 17.2. The SMILES string of the molecule is CCOC(=O)c1ccc(NC(=O)C2CCCN(S(=O)(=O)c3ccc(Cl)cc3)C2)cc1Cl. The molecule has 1 unspecified atom stereocenters. The number of rotatable bonds is 6. The number of nitrogens with one attached hydrogen (secondary N) is 1. The van der Waals surface area contributed by atoms with Crippen LogP contribution in [0.3, 0.4) is 0 Å². The van der Waals surface area contributed by atoms with Gasteiger partial charge in [-0.25, -0.2) is 13.2 Å². The van der Waals surface area contributed by atoms with Gasteiger partial charge in [-0.1, -0.05) is 23.2 Å². The molecule has 1 aliphatic rings. The molecule has 1 aliphatic heterocycles. The predicted octanol–water partition coefficient (Wildman–Crippen LogP) is 4.21. The molecule has 166 valence electrons. The molecule has 2 aromatic rings. The van der Waals surface area contributed by atoms with Crippen LogP contribution >= 0.6 is 23.2 Å². The molecule has 3 rings (SSSR count). The number of amides is 1. The van der Waals surface area contributed by atoms with Crippen LogP contribution in [0, 0.1) is 5.92 Å². The van der Waals surface area contributed by atoms with Crippen LogP contribution in [0.15, 0.2) is 47.4 Å². The van der Waals surface area contributed by atoms with E-state index in [4.69, 9.17) is 27.9 Å². The molecular formula is C21H22Cl2N2O5S. The smallest absolute Gasteiger partial charge is 0.339 e. The van der Waals surface area contributed by atoms with Crippen LogP contribution in [0.5, 0.6) is 0 Å². The number of sulfonamides is 1. The molecule has 31 heavy (non-hydrogen) atoms. The molecule has 1 amide bonds.